The molecule has 240 valence electrons. The largest absolute Gasteiger partial charge is 0.369 e. The van der Waals surface area contributed by atoms with Gasteiger partial charge in [0.2, 0.25) is 15.9 Å². The standard InChI is InChI=1S/C33H43N7O4S/c1-21-14-25(37-8-10-38(11-9-37)45(43,44)26-6-7-26)20-35-30(21)39-12-13-40(28-5-3-2-4-27(28)39)32(42)36-29-23-15-22-16-24(29)19-33(17-22,18-23)31(34)41/h2-5,14,20,22-24,26,29H,6-13,15-19H2,1H3,(H2,34,41)(H,36,42)/t22?,23-,24+,29?,33?. The summed E-state index contributed by atoms with van der Waals surface area (Å²) in [5.74, 6) is 1.86. The molecule has 4 bridgehead atoms. The van der Waals surface area contributed by atoms with Gasteiger partial charge >= 0.3 is 6.03 Å². The number of hydrogen-bond donors (Lipinski definition) is 2. The second-order valence-electron chi connectivity index (χ2n) is 14.3. The normalized spacial score (nSPS) is 31.2. The van der Waals surface area contributed by atoms with E-state index in [9.17, 15) is 18.0 Å². The van der Waals surface area contributed by atoms with Gasteiger partial charge in [-0.25, -0.2) is 18.2 Å². The number of nitrogens with zero attached hydrogens (tertiary/aromatic N) is 5. The number of nitrogens with two attached hydrogens (primary N) is 1. The second-order valence-corrected chi connectivity index (χ2v) is 16.6. The van der Waals surface area contributed by atoms with Crippen molar-refractivity contribution in [1.82, 2.24) is 14.6 Å². The third kappa shape index (κ3) is 4.86. The van der Waals surface area contributed by atoms with Crippen LogP contribution in [0.5, 0.6) is 0 Å². The highest BCUT2D eigenvalue weighted by Gasteiger charge is 2.58. The number of primary amides is 1. The number of fused-ring (bicyclic) bond motifs is 1. The zero-order valence-corrected chi connectivity index (χ0v) is 26.7. The Kier molecular flexibility index (Phi) is 6.83. The van der Waals surface area contributed by atoms with Crippen LogP contribution in [0.2, 0.25) is 0 Å². The van der Waals surface area contributed by atoms with Gasteiger partial charge < -0.3 is 20.9 Å². The van der Waals surface area contributed by atoms with E-state index in [0.717, 1.165) is 73.4 Å². The molecule has 1 aromatic carbocycles. The fourth-order valence-electron chi connectivity index (χ4n) is 9.36. The number of urea groups is 1. The highest BCUT2D eigenvalue weighted by molar-refractivity contribution is 7.90. The number of nitrogens with one attached hydrogen (secondary N) is 1. The van der Waals surface area contributed by atoms with Gasteiger partial charge in [-0.2, -0.15) is 4.31 Å². The molecule has 5 aliphatic carbocycles. The van der Waals surface area contributed by atoms with Gasteiger partial charge in [-0.05, 0) is 93.4 Å². The van der Waals surface area contributed by atoms with Crippen molar-refractivity contribution in [3.63, 3.8) is 0 Å². The topological polar surface area (TPSA) is 132 Å². The number of rotatable bonds is 6. The third-order valence-corrected chi connectivity index (χ3v) is 13.9. The van der Waals surface area contributed by atoms with E-state index in [1.165, 1.54) is 0 Å². The summed E-state index contributed by atoms with van der Waals surface area (Å²) in [5, 5.41) is 3.24. The molecule has 7 aliphatic rings. The van der Waals surface area contributed by atoms with Crippen LogP contribution in [0.4, 0.5) is 27.7 Å². The van der Waals surface area contributed by atoms with Crippen molar-refractivity contribution in [2.24, 2.45) is 28.9 Å². The van der Waals surface area contributed by atoms with E-state index in [0.29, 0.717) is 57.0 Å². The average molecular weight is 634 g/mol. The Labute approximate surface area is 265 Å². The Morgan fingerprint density at radius 3 is 2.29 bits per heavy atom. The zero-order chi connectivity index (χ0) is 31.1. The molecule has 0 radical (unpaired) electrons. The molecule has 5 saturated carbocycles. The van der Waals surface area contributed by atoms with Crippen LogP contribution in [-0.4, -0.2) is 80.2 Å². The number of benzene rings is 1. The van der Waals surface area contributed by atoms with E-state index < -0.39 is 10.0 Å². The molecular weight excluding hydrogens is 590 g/mol. The Hall–Kier alpha value is -3.38. The van der Waals surface area contributed by atoms with Crippen LogP contribution in [0, 0.1) is 30.1 Å². The van der Waals surface area contributed by atoms with Crippen LogP contribution in [-0.2, 0) is 14.8 Å². The Morgan fingerprint density at radius 1 is 0.956 bits per heavy atom. The van der Waals surface area contributed by atoms with Gasteiger partial charge in [-0.3, -0.25) is 9.69 Å². The van der Waals surface area contributed by atoms with Crippen LogP contribution in [0.15, 0.2) is 36.5 Å². The smallest absolute Gasteiger partial charge is 0.322 e. The lowest BCUT2D eigenvalue weighted by Crippen LogP contribution is -2.63. The number of sulfonamides is 1. The maximum absolute atomic E-state index is 13.9. The molecule has 3 N–H and O–H groups in total. The molecule has 3 unspecified atom stereocenters. The minimum Gasteiger partial charge on any atom is -0.369 e. The molecule has 0 spiro atoms. The Bertz CT molecular complexity index is 1620. The lowest BCUT2D eigenvalue weighted by atomic mass is 9.47. The van der Waals surface area contributed by atoms with Gasteiger partial charge in [0.15, 0.2) is 0 Å². The number of amides is 3. The number of piperazine rings is 1. The zero-order valence-electron chi connectivity index (χ0n) is 25.9. The summed E-state index contributed by atoms with van der Waals surface area (Å²) in [6.45, 7) is 5.51. The molecule has 9 rings (SSSR count). The molecule has 1 aromatic heterocycles. The molecule has 2 aromatic rings. The molecule has 45 heavy (non-hydrogen) atoms. The molecule has 3 amide bonds. The van der Waals surface area contributed by atoms with E-state index in [1.807, 2.05) is 35.4 Å². The summed E-state index contributed by atoms with van der Waals surface area (Å²) >= 11 is 0. The number of aryl methyl sites for hydroxylation is 1. The van der Waals surface area contributed by atoms with Gasteiger partial charge in [-0.15, -0.1) is 0 Å². The number of carbonyl (C=O) groups excluding carboxylic acids is 2. The third-order valence-electron chi connectivity index (χ3n) is 11.5. The molecule has 6 fully saturated rings. The predicted octanol–water partition coefficient (Wildman–Crippen LogP) is 3.35. The number of carbonyl (C=O) groups is 2. The first-order valence-corrected chi connectivity index (χ1v) is 18.1. The van der Waals surface area contributed by atoms with E-state index >= 15 is 0 Å². The van der Waals surface area contributed by atoms with Gasteiger partial charge in [0, 0.05) is 50.7 Å². The molecular formula is C33H43N7O4S. The van der Waals surface area contributed by atoms with Crippen molar-refractivity contribution in [3.8, 4) is 0 Å². The van der Waals surface area contributed by atoms with Gasteiger partial charge in [0.05, 0.1) is 28.5 Å². The highest BCUT2D eigenvalue weighted by atomic mass is 32.2. The molecule has 3 heterocycles. The number of para-hydroxylation sites is 2. The lowest BCUT2D eigenvalue weighted by Gasteiger charge is -2.59. The monoisotopic (exact) mass is 633 g/mol. The molecule has 2 aliphatic heterocycles. The van der Waals surface area contributed by atoms with Crippen molar-refractivity contribution in [2.75, 3.05) is 54.0 Å². The summed E-state index contributed by atoms with van der Waals surface area (Å²) in [7, 11) is -3.15. The second kappa shape index (κ2) is 10.6. The van der Waals surface area contributed by atoms with Gasteiger partial charge in [-0.1, -0.05) is 12.1 Å². The quantitative estimate of drug-likeness (QED) is 0.499. The van der Waals surface area contributed by atoms with E-state index in [4.69, 9.17) is 10.7 Å². The SMILES string of the molecule is Cc1cc(N2CCN(S(=O)(=O)C3CC3)CC2)cnc1N1CCN(C(=O)NC2[C@@H]3CC4C[C@H]2CC(C(N)=O)(C4)C3)c2ccccc21. The number of anilines is 4. The van der Waals surface area contributed by atoms with Crippen molar-refractivity contribution in [1.29, 1.82) is 0 Å². The van der Waals surface area contributed by atoms with E-state index in [2.05, 4.69) is 28.1 Å². The fraction of sp³-hybridized carbons (Fsp3) is 0.606. The Balaban J connectivity index is 0.967. The minimum absolute atomic E-state index is 0.0735. The first kappa shape index (κ1) is 29.1. The summed E-state index contributed by atoms with van der Waals surface area (Å²) < 4.78 is 27.0. The molecule has 12 heteroatoms. The number of aromatic nitrogens is 1. The highest BCUT2D eigenvalue weighted by Crippen LogP contribution is 2.60. The fourth-order valence-corrected chi connectivity index (χ4v) is 11.2. The summed E-state index contributed by atoms with van der Waals surface area (Å²) in [5.41, 5.74) is 9.35. The maximum atomic E-state index is 13.9. The molecule has 5 atom stereocenters. The lowest BCUT2D eigenvalue weighted by molar-refractivity contribution is -0.145. The van der Waals surface area contributed by atoms with Crippen LogP contribution in [0.3, 0.4) is 0 Å². The van der Waals surface area contributed by atoms with Crippen molar-refractivity contribution in [2.45, 2.75) is 63.2 Å². The van der Waals surface area contributed by atoms with Gasteiger partial charge in [0.25, 0.3) is 0 Å². The van der Waals surface area contributed by atoms with Crippen LogP contribution in [0.1, 0.15) is 50.5 Å². The van der Waals surface area contributed by atoms with Crippen molar-refractivity contribution < 1.29 is 18.0 Å². The van der Waals surface area contributed by atoms with Crippen LogP contribution < -0.4 is 25.8 Å². The summed E-state index contributed by atoms with van der Waals surface area (Å²) in [6, 6.07) is 10.2. The van der Waals surface area contributed by atoms with Gasteiger partial charge in [0.1, 0.15) is 5.82 Å². The minimum atomic E-state index is -3.15. The van der Waals surface area contributed by atoms with Crippen LogP contribution in [0.25, 0.3) is 0 Å². The van der Waals surface area contributed by atoms with Crippen molar-refractivity contribution in [3.05, 3.63) is 42.1 Å². The maximum Gasteiger partial charge on any atom is 0.322 e. The predicted molar refractivity (Wildman–Crippen MR) is 173 cm³/mol. The number of hydrogen-bond acceptors (Lipinski definition) is 7. The number of pyridine rings is 1. The van der Waals surface area contributed by atoms with Crippen molar-refractivity contribution >= 4 is 44.8 Å². The summed E-state index contributed by atoms with van der Waals surface area (Å²) in [6.07, 6.45) is 8.10. The van der Waals surface area contributed by atoms with Crippen LogP contribution >= 0.6 is 0 Å². The molecule has 11 nitrogen and oxygen atoms in total. The van der Waals surface area contributed by atoms with E-state index in [-0.39, 0.29) is 28.6 Å². The first-order chi connectivity index (χ1) is 21.6. The Morgan fingerprint density at radius 2 is 1.64 bits per heavy atom. The summed E-state index contributed by atoms with van der Waals surface area (Å²) in [4.78, 5) is 37.4. The first-order valence-electron chi connectivity index (χ1n) is 16.6. The molecule has 1 saturated heterocycles. The van der Waals surface area contributed by atoms with E-state index in [1.54, 1.807) is 4.31 Å². The average Bonchev–Trinajstić information content (AvgIpc) is 3.89.